The van der Waals surface area contributed by atoms with Gasteiger partial charge in [-0.1, -0.05) is 103 Å². The molecule has 0 unspecified atom stereocenters. The van der Waals surface area contributed by atoms with E-state index < -0.39 is 23.3 Å². The first-order chi connectivity index (χ1) is 17.1. The van der Waals surface area contributed by atoms with Gasteiger partial charge < -0.3 is 15.2 Å². The molecular weight excluding hydrogens is 438 g/mol. The van der Waals surface area contributed by atoms with E-state index in [0.29, 0.717) is 5.75 Å². The number of hydrogen-bond acceptors (Lipinski definition) is 3. The van der Waals surface area contributed by atoms with Gasteiger partial charge in [0.25, 0.3) is 0 Å². The number of benzene rings is 4. The van der Waals surface area contributed by atoms with Gasteiger partial charge in [0, 0.05) is 6.42 Å². The Morgan fingerprint density at radius 3 is 1.69 bits per heavy atom. The Morgan fingerprint density at radius 1 is 0.771 bits per heavy atom. The van der Waals surface area contributed by atoms with Crippen LogP contribution < -0.4 is 10.1 Å². The number of carbonyl (C=O) groups is 2. The van der Waals surface area contributed by atoms with E-state index in [1.807, 2.05) is 97.1 Å². The molecule has 35 heavy (non-hydrogen) atoms. The summed E-state index contributed by atoms with van der Waals surface area (Å²) in [6.45, 7) is 0. The number of carboxylic acid groups (broad SMARTS) is 1. The molecule has 0 fully saturated rings. The summed E-state index contributed by atoms with van der Waals surface area (Å²) in [4.78, 5) is 26.6. The SMILES string of the molecule is COc1cccc(C[C@H](NC(=O)C(c2ccccc2)(c2ccccc2)c2ccccc2)C(=O)O)c1. The van der Waals surface area contributed by atoms with Gasteiger partial charge in [0.2, 0.25) is 5.91 Å². The van der Waals surface area contributed by atoms with Crippen LogP contribution in [0.25, 0.3) is 0 Å². The lowest BCUT2D eigenvalue weighted by molar-refractivity contribution is -0.142. The fourth-order valence-electron chi connectivity index (χ4n) is 4.46. The number of ether oxygens (including phenoxy) is 1. The van der Waals surface area contributed by atoms with Crippen molar-refractivity contribution >= 4 is 11.9 Å². The molecule has 0 aliphatic rings. The van der Waals surface area contributed by atoms with E-state index in [-0.39, 0.29) is 6.42 Å². The quantitative estimate of drug-likeness (QED) is 0.347. The number of aliphatic carboxylic acids is 1. The van der Waals surface area contributed by atoms with Crippen molar-refractivity contribution in [3.8, 4) is 5.75 Å². The minimum atomic E-state index is -1.24. The highest BCUT2D eigenvalue weighted by Crippen LogP contribution is 2.39. The number of nitrogens with one attached hydrogen (secondary N) is 1. The van der Waals surface area contributed by atoms with Gasteiger partial charge in [-0.15, -0.1) is 0 Å². The minimum absolute atomic E-state index is 0.118. The predicted molar refractivity (Wildman–Crippen MR) is 135 cm³/mol. The van der Waals surface area contributed by atoms with Crippen LogP contribution in [0.3, 0.4) is 0 Å². The summed E-state index contributed by atoms with van der Waals surface area (Å²) < 4.78 is 5.27. The average molecular weight is 466 g/mol. The minimum Gasteiger partial charge on any atom is -0.497 e. The molecule has 0 spiro atoms. The highest BCUT2D eigenvalue weighted by atomic mass is 16.5. The number of hydrogen-bond donors (Lipinski definition) is 2. The highest BCUT2D eigenvalue weighted by molar-refractivity contribution is 5.98. The van der Waals surface area contributed by atoms with Gasteiger partial charge in [-0.25, -0.2) is 4.79 Å². The van der Waals surface area contributed by atoms with Crippen LogP contribution in [-0.4, -0.2) is 30.1 Å². The van der Waals surface area contributed by atoms with Crippen LogP contribution in [0.2, 0.25) is 0 Å². The largest absolute Gasteiger partial charge is 0.497 e. The Balaban J connectivity index is 1.82. The van der Waals surface area contributed by atoms with Crippen LogP contribution >= 0.6 is 0 Å². The van der Waals surface area contributed by atoms with E-state index in [1.165, 1.54) is 0 Å². The third kappa shape index (κ3) is 4.94. The lowest BCUT2D eigenvalue weighted by Crippen LogP contribution is -2.52. The molecule has 176 valence electrons. The molecule has 0 saturated heterocycles. The maximum Gasteiger partial charge on any atom is 0.326 e. The average Bonchev–Trinajstić information content (AvgIpc) is 2.91. The third-order valence-electron chi connectivity index (χ3n) is 6.14. The molecule has 0 bridgehead atoms. The Labute approximate surface area is 205 Å². The van der Waals surface area contributed by atoms with Crippen LogP contribution in [0, 0.1) is 0 Å². The number of carboxylic acids is 1. The summed E-state index contributed by atoms with van der Waals surface area (Å²) in [6.07, 6.45) is 0.118. The van der Waals surface area contributed by atoms with Crippen LogP contribution in [-0.2, 0) is 21.4 Å². The van der Waals surface area contributed by atoms with Gasteiger partial charge in [-0.3, -0.25) is 4.79 Å². The van der Waals surface area contributed by atoms with Gasteiger partial charge >= 0.3 is 5.97 Å². The van der Waals surface area contributed by atoms with E-state index in [2.05, 4.69) is 5.32 Å². The van der Waals surface area contributed by atoms with Crippen molar-refractivity contribution in [2.75, 3.05) is 7.11 Å². The topological polar surface area (TPSA) is 75.6 Å². The van der Waals surface area contributed by atoms with E-state index in [9.17, 15) is 14.7 Å². The molecule has 2 N–H and O–H groups in total. The molecule has 4 aromatic rings. The van der Waals surface area contributed by atoms with Crippen molar-refractivity contribution in [3.05, 3.63) is 138 Å². The van der Waals surface area contributed by atoms with Crippen molar-refractivity contribution in [2.24, 2.45) is 0 Å². The van der Waals surface area contributed by atoms with Crippen LogP contribution in [0.5, 0.6) is 5.75 Å². The molecule has 0 saturated carbocycles. The van der Waals surface area contributed by atoms with Gasteiger partial charge in [0.1, 0.15) is 17.2 Å². The van der Waals surface area contributed by atoms with Crippen LogP contribution in [0.1, 0.15) is 22.3 Å². The molecule has 0 heterocycles. The molecule has 4 aromatic carbocycles. The molecule has 0 aromatic heterocycles. The Morgan fingerprint density at radius 2 is 1.26 bits per heavy atom. The Hall–Kier alpha value is -4.38. The molecule has 1 atom stereocenters. The summed E-state index contributed by atoms with van der Waals surface area (Å²) in [5.41, 5.74) is 1.76. The number of amides is 1. The van der Waals surface area contributed by atoms with Crippen molar-refractivity contribution in [1.29, 1.82) is 0 Å². The molecule has 0 aliphatic carbocycles. The van der Waals surface area contributed by atoms with Crippen LogP contribution in [0.15, 0.2) is 115 Å². The molecule has 5 nitrogen and oxygen atoms in total. The van der Waals surface area contributed by atoms with Crippen molar-refractivity contribution < 1.29 is 19.4 Å². The van der Waals surface area contributed by atoms with Gasteiger partial charge in [-0.2, -0.15) is 0 Å². The second-order valence-corrected chi connectivity index (χ2v) is 8.27. The van der Waals surface area contributed by atoms with Gasteiger partial charge in [-0.05, 0) is 34.4 Å². The number of methoxy groups -OCH3 is 1. The first-order valence-corrected chi connectivity index (χ1v) is 11.4. The molecule has 0 aliphatic heterocycles. The van der Waals surface area contributed by atoms with Crippen molar-refractivity contribution in [2.45, 2.75) is 17.9 Å². The molecular formula is C30H27NO4. The fraction of sp³-hybridized carbons (Fsp3) is 0.133. The lowest BCUT2D eigenvalue weighted by Gasteiger charge is -2.35. The number of carbonyl (C=O) groups excluding carboxylic acids is 1. The van der Waals surface area contributed by atoms with Crippen LogP contribution in [0.4, 0.5) is 0 Å². The van der Waals surface area contributed by atoms with E-state index >= 15 is 0 Å². The Kier molecular flexibility index (Phi) is 7.27. The standard InChI is InChI=1S/C30H27NO4/c1-35-26-19-11-12-22(20-26)21-27(28(32)33)31-29(34)30(23-13-5-2-6-14-23,24-15-7-3-8-16-24)25-17-9-4-10-18-25/h2-20,27H,21H2,1H3,(H,31,34)(H,32,33)/t27-/m0/s1. The maximum atomic E-state index is 14.3. The number of rotatable bonds is 9. The highest BCUT2D eigenvalue weighted by Gasteiger charge is 2.45. The lowest BCUT2D eigenvalue weighted by atomic mass is 9.68. The first kappa shape index (κ1) is 23.8. The zero-order chi connectivity index (χ0) is 24.7. The second-order valence-electron chi connectivity index (χ2n) is 8.27. The predicted octanol–water partition coefficient (Wildman–Crippen LogP) is 4.84. The first-order valence-electron chi connectivity index (χ1n) is 11.4. The summed E-state index contributed by atoms with van der Waals surface area (Å²) >= 11 is 0. The molecule has 1 amide bonds. The van der Waals surface area contributed by atoms with E-state index in [1.54, 1.807) is 25.3 Å². The molecule has 5 heteroatoms. The zero-order valence-corrected chi connectivity index (χ0v) is 19.4. The summed E-state index contributed by atoms with van der Waals surface area (Å²) in [6, 6.07) is 34.4. The van der Waals surface area contributed by atoms with Crippen molar-refractivity contribution in [3.63, 3.8) is 0 Å². The molecule has 4 rings (SSSR count). The smallest absolute Gasteiger partial charge is 0.326 e. The summed E-state index contributed by atoms with van der Waals surface area (Å²) in [5, 5.41) is 12.9. The molecule has 0 radical (unpaired) electrons. The normalized spacial score (nSPS) is 11.9. The fourth-order valence-corrected chi connectivity index (χ4v) is 4.46. The summed E-state index contributed by atoms with van der Waals surface area (Å²) in [7, 11) is 1.56. The second kappa shape index (κ2) is 10.7. The van der Waals surface area contributed by atoms with Crippen molar-refractivity contribution in [1.82, 2.24) is 5.32 Å². The van der Waals surface area contributed by atoms with E-state index in [4.69, 9.17) is 4.74 Å². The Bertz CT molecular complexity index is 1180. The van der Waals surface area contributed by atoms with E-state index in [0.717, 1.165) is 22.3 Å². The maximum absolute atomic E-state index is 14.3. The van der Waals surface area contributed by atoms with Gasteiger partial charge in [0.05, 0.1) is 7.11 Å². The summed E-state index contributed by atoms with van der Waals surface area (Å²) in [5.74, 6) is -0.884. The third-order valence-corrected chi connectivity index (χ3v) is 6.14. The van der Waals surface area contributed by atoms with Gasteiger partial charge in [0.15, 0.2) is 0 Å². The zero-order valence-electron chi connectivity index (χ0n) is 19.4. The monoisotopic (exact) mass is 465 g/mol.